The summed E-state index contributed by atoms with van der Waals surface area (Å²) in [5.74, 6) is 0.260. The van der Waals surface area contributed by atoms with Crippen LogP contribution in [-0.4, -0.2) is 28.4 Å². The summed E-state index contributed by atoms with van der Waals surface area (Å²) in [6.07, 6.45) is 3.43. The van der Waals surface area contributed by atoms with Gasteiger partial charge in [-0.2, -0.15) is 4.73 Å². The van der Waals surface area contributed by atoms with E-state index < -0.39 is 0 Å². The van der Waals surface area contributed by atoms with Crippen molar-refractivity contribution in [1.82, 2.24) is 10.0 Å². The molecule has 1 rings (SSSR count). The first-order valence-electron chi connectivity index (χ1n) is 7.18. The lowest BCUT2D eigenvalue weighted by molar-refractivity contribution is -0.117. The van der Waals surface area contributed by atoms with Gasteiger partial charge in [-0.1, -0.05) is 19.9 Å². The molecule has 1 aromatic rings. The summed E-state index contributed by atoms with van der Waals surface area (Å²) in [4.78, 5) is 16.1. The minimum absolute atomic E-state index is 0.0450. The van der Waals surface area contributed by atoms with Crippen molar-refractivity contribution in [3.8, 4) is 0 Å². The Bertz CT molecular complexity index is 559. The van der Waals surface area contributed by atoms with Crippen LogP contribution in [0.4, 0.5) is 0 Å². The Morgan fingerprint density at radius 3 is 2.43 bits per heavy atom. The lowest BCUT2D eigenvalue weighted by atomic mass is 10.2. The average Bonchev–Trinajstić information content (AvgIpc) is 2.40. The van der Waals surface area contributed by atoms with E-state index in [1.165, 1.54) is 0 Å². The number of nitrogens with one attached hydrogen (secondary N) is 1. The van der Waals surface area contributed by atoms with Gasteiger partial charge in [-0.05, 0) is 44.9 Å². The highest BCUT2D eigenvalue weighted by atomic mass is 16.5. The number of carbonyl (C=O) groups excluding carboxylic acids is 1. The highest BCUT2D eigenvalue weighted by Crippen LogP contribution is 1.97. The van der Waals surface area contributed by atoms with Crippen molar-refractivity contribution in [2.75, 3.05) is 6.54 Å². The maximum atomic E-state index is 11.6. The Labute approximate surface area is 126 Å². The predicted molar refractivity (Wildman–Crippen MR) is 83.1 cm³/mol. The third kappa shape index (κ3) is 5.85. The van der Waals surface area contributed by atoms with Crippen molar-refractivity contribution in [3.63, 3.8) is 0 Å². The number of aromatic nitrogens is 1. The fourth-order valence-corrected chi connectivity index (χ4v) is 1.82. The molecule has 0 spiro atoms. The lowest BCUT2D eigenvalue weighted by Crippen LogP contribution is -2.34. The molecule has 1 atom stereocenters. The average molecular weight is 291 g/mol. The van der Waals surface area contributed by atoms with Crippen molar-refractivity contribution in [2.45, 2.75) is 40.7 Å². The van der Waals surface area contributed by atoms with Gasteiger partial charge in [0.15, 0.2) is 0 Å². The summed E-state index contributed by atoms with van der Waals surface area (Å²) in [6.45, 7) is 10.1. The van der Waals surface area contributed by atoms with E-state index in [4.69, 9.17) is 0 Å². The molecule has 0 aromatic carbocycles. The smallest absolute Gasteiger partial charge is 0.243 e. The fraction of sp³-hybridized carbons (Fsp3) is 0.500. The summed E-state index contributed by atoms with van der Waals surface area (Å²) in [6, 6.07) is 3.57. The quantitative estimate of drug-likeness (QED) is 0.643. The molecule has 0 aliphatic heterocycles. The van der Waals surface area contributed by atoms with Gasteiger partial charge in [0.25, 0.3) is 0 Å². The van der Waals surface area contributed by atoms with Crippen LogP contribution in [0.15, 0.2) is 29.3 Å². The van der Waals surface area contributed by atoms with E-state index in [0.717, 1.165) is 21.5 Å². The predicted octanol–water partition coefficient (Wildman–Crippen LogP) is 1.96. The summed E-state index contributed by atoms with van der Waals surface area (Å²) in [5, 5.41) is 13.3. The van der Waals surface area contributed by atoms with Crippen LogP contribution in [0.2, 0.25) is 0 Å². The Hall–Kier alpha value is -2.04. The molecule has 1 heterocycles. The van der Waals surface area contributed by atoms with E-state index >= 15 is 0 Å². The van der Waals surface area contributed by atoms with Gasteiger partial charge >= 0.3 is 0 Å². The highest BCUT2D eigenvalue weighted by Gasteiger charge is 2.04. The number of amides is 1. The molecule has 5 nitrogen and oxygen atoms in total. The Kier molecular flexibility index (Phi) is 6.21. The molecule has 0 radical (unpaired) electrons. The zero-order valence-electron chi connectivity index (χ0n) is 13.4. The van der Waals surface area contributed by atoms with Gasteiger partial charge in [0.2, 0.25) is 5.91 Å². The maximum absolute atomic E-state index is 11.6. The second-order valence-electron chi connectivity index (χ2n) is 5.66. The summed E-state index contributed by atoms with van der Waals surface area (Å²) in [7, 11) is 0. The van der Waals surface area contributed by atoms with Gasteiger partial charge in [-0.15, -0.1) is 0 Å². The van der Waals surface area contributed by atoms with Gasteiger partial charge in [-0.25, -0.2) is 0 Å². The highest BCUT2D eigenvalue weighted by molar-refractivity contribution is 5.87. The molecular weight excluding hydrogens is 266 g/mol. The number of hydrogen-bond acceptors (Lipinski definition) is 3. The van der Waals surface area contributed by atoms with Gasteiger partial charge in [-0.3, -0.25) is 9.79 Å². The largest absolute Gasteiger partial charge is 0.428 e. The third-order valence-electron chi connectivity index (χ3n) is 2.95. The maximum Gasteiger partial charge on any atom is 0.243 e. The van der Waals surface area contributed by atoms with Crippen LogP contribution in [0.3, 0.4) is 0 Å². The van der Waals surface area contributed by atoms with Gasteiger partial charge < -0.3 is 10.5 Å². The molecule has 1 amide bonds. The zero-order valence-corrected chi connectivity index (χ0v) is 13.4. The van der Waals surface area contributed by atoms with Crippen LogP contribution in [0.5, 0.6) is 0 Å². The Balaban J connectivity index is 2.66. The minimum Gasteiger partial charge on any atom is -0.428 e. The van der Waals surface area contributed by atoms with Crippen LogP contribution >= 0.6 is 0 Å². The van der Waals surface area contributed by atoms with E-state index in [1.54, 1.807) is 18.2 Å². The van der Waals surface area contributed by atoms with Crippen molar-refractivity contribution in [3.05, 3.63) is 41.0 Å². The number of carbonyl (C=O) groups is 1. The number of hydrogen-bond donors (Lipinski definition) is 2. The first kappa shape index (κ1) is 17.0. The second-order valence-corrected chi connectivity index (χ2v) is 5.66. The number of allylic oxidation sites excluding steroid dienone is 1. The molecule has 0 fully saturated rings. The molecule has 5 heteroatoms. The van der Waals surface area contributed by atoms with Gasteiger partial charge in [0, 0.05) is 6.04 Å². The van der Waals surface area contributed by atoms with E-state index in [1.807, 2.05) is 40.7 Å². The monoisotopic (exact) mass is 291 g/mol. The molecule has 21 heavy (non-hydrogen) atoms. The van der Waals surface area contributed by atoms with E-state index in [0.29, 0.717) is 12.5 Å². The molecule has 1 aromatic heterocycles. The fourth-order valence-electron chi connectivity index (χ4n) is 1.82. The second kappa shape index (κ2) is 7.67. The van der Waals surface area contributed by atoms with Gasteiger partial charge in [0.05, 0.1) is 23.3 Å². The summed E-state index contributed by atoms with van der Waals surface area (Å²) in [5.41, 5.74) is 1.45. The normalized spacial score (nSPS) is 12.7. The number of pyridine rings is 1. The standard InChI is InChI=1S/C16H25N3O2/c1-11(2)6-7-16(20)18-12(3)10-17-15-8-13(4)19(21)14(5)9-15/h6-9,11-12,21H,10H2,1-5H3,(H,18,20)/b7-6+. The first-order valence-corrected chi connectivity index (χ1v) is 7.18. The molecular formula is C16H25N3O2. The lowest BCUT2D eigenvalue weighted by Gasteiger charge is -2.10. The van der Waals surface area contributed by atoms with E-state index in [9.17, 15) is 10.0 Å². The minimum atomic E-state index is -0.0972. The van der Waals surface area contributed by atoms with Crippen LogP contribution in [0.25, 0.3) is 0 Å². The van der Waals surface area contributed by atoms with Crippen LogP contribution in [0.1, 0.15) is 32.2 Å². The van der Waals surface area contributed by atoms with Crippen LogP contribution < -0.4 is 10.7 Å². The Morgan fingerprint density at radius 1 is 1.33 bits per heavy atom. The number of nitrogens with zero attached hydrogens (tertiary/aromatic N) is 2. The van der Waals surface area contributed by atoms with Crippen LogP contribution in [-0.2, 0) is 4.79 Å². The first-order chi connectivity index (χ1) is 9.79. The van der Waals surface area contributed by atoms with E-state index in [2.05, 4.69) is 10.3 Å². The molecule has 1 unspecified atom stereocenters. The van der Waals surface area contributed by atoms with Crippen molar-refractivity contribution < 1.29 is 10.0 Å². The van der Waals surface area contributed by atoms with Crippen molar-refractivity contribution in [2.24, 2.45) is 10.9 Å². The molecule has 0 saturated carbocycles. The molecule has 0 saturated heterocycles. The zero-order chi connectivity index (χ0) is 16.0. The third-order valence-corrected chi connectivity index (χ3v) is 2.95. The molecule has 0 aliphatic carbocycles. The topological polar surface area (TPSA) is 66.6 Å². The molecule has 0 bridgehead atoms. The summed E-state index contributed by atoms with van der Waals surface area (Å²) < 4.78 is 1.13. The number of rotatable bonds is 5. The summed E-state index contributed by atoms with van der Waals surface area (Å²) >= 11 is 0. The molecule has 116 valence electrons. The molecule has 2 N–H and O–H groups in total. The van der Waals surface area contributed by atoms with Crippen molar-refractivity contribution in [1.29, 1.82) is 0 Å². The Morgan fingerprint density at radius 2 is 1.90 bits per heavy atom. The van der Waals surface area contributed by atoms with E-state index in [-0.39, 0.29) is 11.9 Å². The molecule has 0 aliphatic rings. The SMILES string of the molecule is Cc1cc(=NCC(C)NC(=O)/C=C/C(C)C)cc(C)n1O. The van der Waals surface area contributed by atoms with Gasteiger partial charge in [0.1, 0.15) is 0 Å². The van der Waals surface area contributed by atoms with Crippen molar-refractivity contribution >= 4 is 5.91 Å². The number of aryl methyl sites for hydroxylation is 2. The van der Waals surface area contributed by atoms with Crippen LogP contribution in [0, 0.1) is 19.8 Å².